The van der Waals surface area contributed by atoms with Crippen molar-refractivity contribution < 1.29 is 24.6 Å². The molecule has 1 heterocycles. The van der Waals surface area contributed by atoms with Crippen LogP contribution in [0.2, 0.25) is 0 Å². The molecular weight excluding hydrogens is 406 g/mol. The molecule has 2 N–H and O–H groups in total. The number of benzene rings is 1. The maximum Gasteiger partial charge on any atom is 0.327 e. The predicted octanol–water partition coefficient (Wildman–Crippen LogP) is 2.58. The minimum absolute atomic E-state index is 0.0343. The van der Waals surface area contributed by atoms with Crippen LogP contribution in [0.3, 0.4) is 0 Å². The van der Waals surface area contributed by atoms with Crippen LogP contribution in [0, 0.1) is 0 Å². The lowest BCUT2D eigenvalue weighted by Gasteiger charge is -2.21. The number of amides is 1. The number of carbonyl (C=O) groups is 3. The zero-order chi connectivity index (χ0) is 17.1. The van der Waals surface area contributed by atoms with Gasteiger partial charge in [0.05, 0.1) is 11.3 Å². The molecule has 1 atom stereocenters. The molecule has 0 radical (unpaired) electrons. The summed E-state index contributed by atoms with van der Waals surface area (Å²) in [5, 5.41) is 18.0. The Labute approximate surface area is 149 Å². The summed E-state index contributed by atoms with van der Waals surface area (Å²) < 4.78 is 0.918. The van der Waals surface area contributed by atoms with Crippen molar-refractivity contribution in [3.8, 4) is 0 Å². The molecule has 1 unspecified atom stereocenters. The summed E-state index contributed by atoms with van der Waals surface area (Å²) >= 11 is 9.30. The van der Waals surface area contributed by atoms with E-state index in [2.05, 4.69) is 15.9 Å². The number of hydrogen-bond donors (Lipinski definition) is 2. The van der Waals surface area contributed by atoms with Crippen LogP contribution in [-0.2, 0) is 14.4 Å². The Bertz CT molecular complexity index is 716. The number of rotatable bonds is 5. The van der Waals surface area contributed by atoms with E-state index in [1.54, 1.807) is 30.3 Å². The molecule has 9 heteroatoms. The molecule has 0 saturated carbocycles. The average molecular weight is 416 g/mol. The van der Waals surface area contributed by atoms with Gasteiger partial charge in [-0.15, -0.1) is 0 Å². The monoisotopic (exact) mass is 415 g/mol. The lowest BCUT2D eigenvalue weighted by Crippen LogP contribution is -2.45. The maximum atomic E-state index is 12.4. The number of thiocarbonyl (C=S) groups is 1. The summed E-state index contributed by atoms with van der Waals surface area (Å²) in [6, 6.07) is 5.65. The van der Waals surface area contributed by atoms with Crippen molar-refractivity contribution in [2.45, 2.75) is 12.5 Å². The Morgan fingerprint density at radius 1 is 1.30 bits per heavy atom. The fourth-order valence-corrected chi connectivity index (χ4v) is 3.53. The molecule has 0 aliphatic carbocycles. The van der Waals surface area contributed by atoms with Gasteiger partial charge >= 0.3 is 11.9 Å². The summed E-state index contributed by atoms with van der Waals surface area (Å²) in [4.78, 5) is 35.6. The molecule has 1 aliphatic heterocycles. The van der Waals surface area contributed by atoms with Gasteiger partial charge in [0.1, 0.15) is 10.4 Å². The smallest absolute Gasteiger partial charge is 0.327 e. The van der Waals surface area contributed by atoms with Crippen molar-refractivity contribution in [1.82, 2.24) is 4.90 Å². The zero-order valence-corrected chi connectivity index (χ0v) is 14.7. The van der Waals surface area contributed by atoms with E-state index in [9.17, 15) is 19.5 Å². The molecule has 23 heavy (non-hydrogen) atoms. The Morgan fingerprint density at radius 3 is 2.43 bits per heavy atom. The third kappa shape index (κ3) is 4.18. The second kappa shape index (κ2) is 7.24. The second-order valence-electron chi connectivity index (χ2n) is 4.56. The number of nitrogens with zero attached hydrogens (tertiary/aromatic N) is 1. The minimum atomic E-state index is -1.52. The van der Waals surface area contributed by atoms with Crippen LogP contribution in [-0.4, -0.2) is 43.3 Å². The number of carboxylic acids is 2. The average Bonchev–Trinajstić information content (AvgIpc) is 2.73. The van der Waals surface area contributed by atoms with Gasteiger partial charge < -0.3 is 10.2 Å². The normalized spacial score (nSPS) is 17.6. The Balaban J connectivity index is 2.30. The first-order valence-corrected chi connectivity index (χ1v) is 8.28. The van der Waals surface area contributed by atoms with Gasteiger partial charge in [-0.3, -0.25) is 14.5 Å². The second-order valence-corrected chi connectivity index (χ2v) is 7.15. The van der Waals surface area contributed by atoms with Gasteiger partial charge in [-0.2, -0.15) is 0 Å². The van der Waals surface area contributed by atoms with Gasteiger partial charge in [0.2, 0.25) is 0 Å². The number of aliphatic carboxylic acids is 2. The summed E-state index contributed by atoms with van der Waals surface area (Å²) in [6.45, 7) is 0. The number of hydrogen-bond acceptors (Lipinski definition) is 5. The molecule has 1 aromatic rings. The summed E-state index contributed by atoms with van der Waals surface area (Å²) in [5.74, 6) is -3.33. The molecule has 1 aliphatic rings. The number of carboxylic acid groups (broad SMARTS) is 2. The Hall–Kier alpha value is -1.71. The molecular formula is C14H10BrNO5S2. The van der Waals surface area contributed by atoms with E-state index in [0.29, 0.717) is 0 Å². The largest absolute Gasteiger partial charge is 0.481 e. The number of thioether (sulfide) groups is 1. The van der Waals surface area contributed by atoms with Crippen LogP contribution in [0.4, 0.5) is 0 Å². The minimum Gasteiger partial charge on any atom is -0.481 e. The molecule has 6 nitrogen and oxygen atoms in total. The fraction of sp³-hybridized carbons (Fsp3) is 0.143. The van der Waals surface area contributed by atoms with Crippen molar-refractivity contribution in [2.75, 3.05) is 0 Å². The highest BCUT2D eigenvalue weighted by atomic mass is 79.9. The first-order valence-electron chi connectivity index (χ1n) is 6.27. The summed E-state index contributed by atoms with van der Waals surface area (Å²) in [7, 11) is 0. The lowest BCUT2D eigenvalue weighted by molar-refractivity contribution is -0.150. The van der Waals surface area contributed by atoms with Crippen molar-refractivity contribution in [1.29, 1.82) is 0 Å². The molecule has 2 rings (SSSR count). The first kappa shape index (κ1) is 17.6. The third-order valence-electron chi connectivity index (χ3n) is 2.96. The van der Waals surface area contributed by atoms with Gasteiger partial charge in [0.25, 0.3) is 5.91 Å². The topological polar surface area (TPSA) is 94.9 Å². The van der Waals surface area contributed by atoms with Crippen LogP contribution in [0.25, 0.3) is 6.08 Å². The van der Waals surface area contributed by atoms with Crippen LogP contribution in [0.15, 0.2) is 33.6 Å². The van der Waals surface area contributed by atoms with E-state index in [1.807, 2.05) is 0 Å². The standard InChI is InChI=1S/C14H10BrNO5S2/c15-8-3-1-7(2-4-8)5-10-12(19)16(14(22)23-10)9(13(20)21)6-11(17)18/h1-5,9H,6H2,(H,17,18)(H,20,21)/b10-5-. The van der Waals surface area contributed by atoms with E-state index in [0.717, 1.165) is 26.7 Å². The maximum absolute atomic E-state index is 12.4. The molecule has 1 saturated heterocycles. The Kier molecular flexibility index (Phi) is 5.55. The summed E-state index contributed by atoms with van der Waals surface area (Å²) in [5.41, 5.74) is 0.749. The molecule has 0 aromatic heterocycles. The number of halogens is 1. The predicted molar refractivity (Wildman–Crippen MR) is 92.8 cm³/mol. The van der Waals surface area contributed by atoms with E-state index in [-0.39, 0.29) is 9.23 Å². The van der Waals surface area contributed by atoms with Gasteiger partial charge in [-0.25, -0.2) is 4.79 Å². The fourth-order valence-electron chi connectivity index (χ4n) is 1.91. The quantitative estimate of drug-likeness (QED) is 0.563. The number of carbonyl (C=O) groups excluding carboxylic acids is 1. The van der Waals surface area contributed by atoms with Crippen LogP contribution < -0.4 is 0 Å². The Morgan fingerprint density at radius 2 is 1.91 bits per heavy atom. The van der Waals surface area contributed by atoms with Crippen molar-refractivity contribution in [3.63, 3.8) is 0 Å². The van der Waals surface area contributed by atoms with Crippen molar-refractivity contribution >= 4 is 68.2 Å². The summed E-state index contributed by atoms with van der Waals surface area (Å²) in [6.07, 6.45) is 0.874. The van der Waals surface area contributed by atoms with Crippen LogP contribution in [0.5, 0.6) is 0 Å². The van der Waals surface area contributed by atoms with Crippen LogP contribution >= 0.6 is 39.9 Å². The highest BCUT2D eigenvalue weighted by molar-refractivity contribution is 9.10. The molecule has 1 amide bonds. The van der Waals surface area contributed by atoms with Gasteiger partial charge in [0.15, 0.2) is 0 Å². The van der Waals surface area contributed by atoms with E-state index in [1.165, 1.54) is 0 Å². The highest BCUT2D eigenvalue weighted by Crippen LogP contribution is 2.34. The molecule has 0 spiro atoms. The molecule has 120 valence electrons. The van der Waals surface area contributed by atoms with Gasteiger partial charge in [-0.05, 0) is 23.8 Å². The van der Waals surface area contributed by atoms with Crippen LogP contribution in [0.1, 0.15) is 12.0 Å². The first-order chi connectivity index (χ1) is 10.8. The van der Waals surface area contributed by atoms with Gasteiger partial charge in [0, 0.05) is 4.47 Å². The SMILES string of the molecule is O=C(O)CC(C(=O)O)N1C(=O)/C(=C/c2ccc(Br)cc2)SC1=S. The van der Waals surface area contributed by atoms with Crippen molar-refractivity contribution in [2.24, 2.45) is 0 Å². The third-order valence-corrected chi connectivity index (χ3v) is 4.82. The molecule has 1 fully saturated rings. The zero-order valence-electron chi connectivity index (χ0n) is 11.4. The van der Waals surface area contributed by atoms with E-state index < -0.39 is 30.3 Å². The van der Waals surface area contributed by atoms with Gasteiger partial charge in [-0.1, -0.05) is 52.0 Å². The molecule has 0 bridgehead atoms. The van der Waals surface area contributed by atoms with Crippen molar-refractivity contribution in [3.05, 3.63) is 39.2 Å². The lowest BCUT2D eigenvalue weighted by atomic mass is 10.1. The van der Waals surface area contributed by atoms with E-state index in [4.69, 9.17) is 17.3 Å². The molecule has 1 aromatic carbocycles. The highest BCUT2D eigenvalue weighted by Gasteiger charge is 2.41. The van der Waals surface area contributed by atoms with E-state index >= 15 is 0 Å².